The molecule has 0 saturated carbocycles. The van der Waals surface area contributed by atoms with E-state index in [4.69, 9.17) is 0 Å². The van der Waals surface area contributed by atoms with Gasteiger partial charge >= 0.3 is 6.18 Å². The Labute approximate surface area is 52.4 Å². The van der Waals surface area contributed by atoms with Crippen LogP contribution in [0, 0.1) is 0 Å². The Kier molecular flexibility index (Phi) is 3.35. The third-order valence-electron chi connectivity index (χ3n) is 0.762. The minimum Gasteiger partial charge on any atom is -0.167 e. The van der Waals surface area contributed by atoms with E-state index in [-0.39, 0.29) is 6.08 Å². The molecular weight excluding hydrogens is 129 g/mol. The summed E-state index contributed by atoms with van der Waals surface area (Å²) < 4.78 is 33.9. The molecule has 0 radical (unpaired) electrons. The van der Waals surface area contributed by atoms with Crippen LogP contribution in [0.5, 0.6) is 0 Å². The van der Waals surface area contributed by atoms with Crippen LogP contribution in [0.15, 0.2) is 12.2 Å². The number of rotatable bonds is 2. The lowest BCUT2D eigenvalue weighted by atomic mass is 10.3. The van der Waals surface area contributed by atoms with E-state index in [1.807, 2.05) is 6.92 Å². The van der Waals surface area contributed by atoms with E-state index in [1.54, 1.807) is 0 Å². The normalized spacial score (nSPS) is 12.9. The standard InChI is InChI=1S/C6H9F3/c1-2-3-4-5-6(7,8)9/h4-5H,2-3H2,1H3/b5-4+. The van der Waals surface area contributed by atoms with E-state index in [0.29, 0.717) is 6.42 Å². The Bertz CT molecular complexity index is 91.0. The number of allylic oxidation sites excluding steroid dienone is 2. The number of hydrogen-bond donors (Lipinski definition) is 0. The van der Waals surface area contributed by atoms with E-state index >= 15 is 0 Å². The van der Waals surface area contributed by atoms with Crippen molar-refractivity contribution in [3.8, 4) is 0 Å². The van der Waals surface area contributed by atoms with Crippen molar-refractivity contribution in [3.05, 3.63) is 12.2 Å². The van der Waals surface area contributed by atoms with Crippen LogP contribution >= 0.6 is 0 Å². The number of unbranched alkanes of at least 4 members (excludes halogenated alkanes) is 1. The molecule has 0 amide bonds. The first-order chi connectivity index (χ1) is 4.06. The molecule has 0 aromatic rings. The van der Waals surface area contributed by atoms with Gasteiger partial charge in [-0.1, -0.05) is 19.4 Å². The maximum Gasteiger partial charge on any atom is 0.409 e. The third-order valence-corrected chi connectivity index (χ3v) is 0.762. The van der Waals surface area contributed by atoms with E-state index in [9.17, 15) is 13.2 Å². The Balaban J connectivity index is 3.45. The molecule has 3 heteroatoms. The van der Waals surface area contributed by atoms with Gasteiger partial charge in [-0.15, -0.1) is 0 Å². The Morgan fingerprint density at radius 3 is 2.22 bits per heavy atom. The van der Waals surface area contributed by atoms with Gasteiger partial charge in [0.2, 0.25) is 0 Å². The SMILES string of the molecule is CCC/C=C/C(F)(F)F. The van der Waals surface area contributed by atoms with Crippen LogP contribution in [-0.2, 0) is 0 Å². The second kappa shape index (κ2) is 3.54. The van der Waals surface area contributed by atoms with Crippen molar-refractivity contribution in [2.24, 2.45) is 0 Å². The Morgan fingerprint density at radius 2 is 1.89 bits per heavy atom. The first kappa shape index (κ1) is 8.53. The summed E-state index contributed by atoms with van der Waals surface area (Å²) in [6.45, 7) is 1.83. The number of hydrogen-bond acceptors (Lipinski definition) is 0. The van der Waals surface area contributed by atoms with Gasteiger partial charge in [0, 0.05) is 6.08 Å². The molecule has 0 N–H and O–H groups in total. The van der Waals surface area contributed by atoms with Gasteiger partial charge in [0.25, 0.3) is 0 Å². The van der Waals surface area contributed by atoms with Crippen molar-refractivity contribution in [3.63, 3.8) is 0 Å². The zero-order valence-corrected chi connectivity index (χ0v) is 5.20. The summed E-state index contributed by atoms with van der Waals surface area (Å²) in [5.41, 5.74) is 0. The molecule has 9 heavy (non-hydrogen) atoms. The Morgan fingerprint density at radius 1 is 1.33 bits per heavy atom. The molecule has 0 rings (SSSR count). The fourth-order valence-electron chi connectivity index (χ4n) is 0.384. The summed E-state index contributed by atoms with van der Waals surface area (Å²) in [4.78, 5) is 0. The molecule has 0 aromatic carbocycles. The van der Waals surface area contributed by atoms with Crippen molar-refractivity contribution >= 4 is 0 Å². The number of alkyl halides is 3. The highest BCUT2D eigenvalue weighted by atomic mass is 19.4. The highest BCUT2D eigenvalue weighted by molar-refractivity contribution is 4.87. The van der Waals surface area contributed by atoms with Gasteiger partial charge in [0.15, 0.2) is 0 Å². The van der Waals surface area contributed by atoms with Crippen LogP contribution in [0.4, 0.5) is 13.2 Å². The van der Waals surface area contributed by atoms with Gasteiger partial charge < -0.3 is 0 Å². The van der Waals surface area contributed by atoms with Gasteiger partial charge in [-0.3, -0.25) is 0 Å². The lowest BCUT2D eigenvalue weighted by Gasteiger charge is -1.95. The largest absolute Gasteiger partial charge is 0.409 e. The van der Waals surface area contributed by atoms with Crippen LogP contribution in [0.1, 0.15) is 19.8 Å². The molecule has 0 saturated heterocycles. The summed E-state index contributed by atoms with van der Waals surface area (Å²) in [5.74, 6) is 0. The molecule has 0 fully saturated rings. The van der Waals surface area contributed by atoms with Crippen LogP contribution in [-0.4, -0.2) is 6.18 Å². The second-order valence-corrected chi connectivity index (χ2v) is 1.73. The molecule has 0 unspecified atom stereocenters. The van der Waals surface area contributed by atoms with E-state index in [0.717, 1.165) is 12.5 Å². The van der Waals surface area contributed by atoms with Gasteiger partial charge in [0.1, 0.15) is 0 Å². The maximum atomic E-state index is 11.3. The zero-order chi connectivity index (χ0) is 7.33. The van der Waals surface area contributed by atoms with Crippen molar-refractivity contribution < 1.29 is 13.2 Å². The summed E-state index contributed by atoms with van der Waals surface area (Å²) >= 11 is 0. The monoisotopic (exact) mass is 138 g/mol. The first-order valence-electron chi connectivity index (χ1n) is 2.80. The van der Waals surface area contributed by atoms with Gasteiger partial charge in [-0.25, -0.2) is 0 Å². The van der Waals surface area contributed by atoms with Gasteiger partial charge in [-0.05, 0) is 6.42 Å². The topological polar surface area (TPSA) is 0 Å². The minimum atomic E-state index is -4.13. The smallest absolute Gasteiger partial charge is 0.167 e. The summed E-state index contributed by atoms with van der Waals surface area (Å²) in [5, 5.41) is 0. The predicted octanol–water partition coefficient (Wildman–Crippen LogP) is 2.91. The van der Waals surface area contributed by atoms with Crippen LogP contribution < -0.4 is 0 Å². The van der Waals surface area contributed by atoms with Crippen molar-refractivity contribution in [1.29, 1.82) is 0 Å². The van der Waals surface area contributed by atoms with Gasteiger partial charge in [-0.2, -0.15) is 13.2 Å². The summed E-state index contributed by atoms with van der Waals surface area (Å²) in [7, 11) is 0. The lowest BCUT2D eigenvalue weighted by Crippen LogP contribution is -2.00. The molecule has 0 atom stereocenters. The van der Waals surface area contributed by atoms with Crippen molar-refractivity contribution in [2.75, 3.05) is 0 Å². The summed E-state index contributed by atoms with van der Waals surface area (Å²) in [6.07, 6.45) is -1.46. The zero-order valence-electron chi connectivity index (χ0n) is 5.20. The molecular formula is C6H9F3. The average Bonchev–Trinajstić information content (AvgIpc) is 1.63. The highest BCUT2D eigenvalue weighted by Crippen LogP contribution is 2.16. The molecule has 0 aromatic heterocycles. The molecule has 0 aliphatic carbocycles. The van der Waals surface area contributed by atoms with Crippen LogP contribution in [0.3, 0.4) is 0 Å². The second-order valence-electron chi connectivity index (χ2n) is 1.73. The van der Waals surface area contributed by atoms with E-state index in [1.165, 1.54) is 0 Å². The van der Waals surface area contributed by atoms with E-state index < -0.39 is 6.18 Å². The minimum absolute atomic E-state index is 0.274. The van der Waals surface area contributed by atoms with E-state index in [2.05, 4.69) is 0 Å². The predicted molar refractivity (Wildman–Crippen MR) is 30.1 cm³/mol. The molecule has 0 bridgehead atoms. The fourth-order valence-corrected chi connectivity index (χ4v) is 0.384. The third kappa shape index (κ3) is 7.53. The van der Waals surface area contributed by atoms with Gasteiger partial charge in [0.05, 0.1) is 0 Å². The fraction of sp³-hybridized carbons (Fsp3) is 0.667. The first-order valence-corrected chi connectivity index (χ1v) is 2.80. The molecule has 0 aliphatic heterocycles. The molecule has 54 valence electrons. The van der Waals surface area contributed by atoms with Crippen molar-refractivity contribution in [2.45, 2.75) is 25.9 Å². The number of halogens is 3. The summed E-state index contributed by atoms with van der Waals surface area (Å²) in [6, 6.07) is 0. The average molecular weight is 138 g/mol. The van der Waals surface area contributed by atoms with Crippen LogP contribution in [0.2, 0.25) is 0 Å². The molecule has 0 aliphatic rings. The molecule has 0 spiro atoms. The lowest BCUT2D eigenvalue weighted by molar-refractivity contribution is -0.0800. The van der Waals surface area contributed by atoms with Crippen LogP contribution in [0.25, 0.3) is 0 Å². The highest BCUT2D eigenvalue weighted by Gasteiger charge is 2.21. The molecule has 0 nitrogen and oxygen atoms in total. The maximum absolute atomic E-state index is 11.3. The Hall–Kier alpha value is -0.470. The quantitative estimate of drug-likeness (QED) is 0.514. The van der Waals surface area contributed by atoms with Crippen molar-refractivity contribution in [1.82, 2.24) is 0 Å². The molecule has 0 heterocycles.